The number of hydrogen-bond acceptors (Lipinski definition) is 0. The van der Waals surface area contributed by atoms with E-state index in [0.29, 0.717) is 0 Å². The van der Waals surface area contributed by atoms with Gasteiger partial charge >= 0.3 is 0 Å². The minimum atomic E-state index is -0.773. The summed E-state index contributed by atoms with van der Waals surface area (Å²) in [5.41, 5.74) is 0.236. The molecule has 2 aromatic rings. The summed E-state index contributed by atoms with van der Waals surface area (Å²) < 4.78 is 40.3. The second kappa shape index (κ2) is 5.33. The Hall–Kier alpha value is -1.00. The van der Waals surface area contributed by atoms with Crippen LogP contribution in [0.4, 0.5) is 13.2 Å². The summed E-state index contributed by atoms with van der Waals surface area (Å²) in [7, 11) is 0. The monoisotopic (exact) mass is 334 g/mol. The molecule has 5 heteroatoms. The lowest BCUT2D eigenvalue weighted by molar-refractivity contribution is 0.581. The van der Waals surface area contributed by atoms with Gasteiger partial charge in [0.2, 0.25) is 0 Å². The Kier molecular flexibility index (Phi) is 3.97. The Morgan fingerprint density at radius 3 is 2.28 bits per heavy atom. The molecule has 2 rings (SSSR count). The van der Waals surface area contributed by atoms with Crippen LogP contribution < -0.4 is 0 Å². The van der Waals surface area contributed by atoms with Crippen molar-refractivity contribution in [2.75, 3.05) is 0 Å². The average Bonchev–Trinajstić information content (AvgIpc) is 2.31. The first-order chi connectivity index (χ1) is 8.49. The first kappa shape index (κ1) is 13.4. The van der Waals surface area contributed by atoms with Crippen molar-refractivity contribution in [1.82, 2.24) is 0 Å². The Balaban J connectivity index is 2.47. The van der Waals surface area contributed by atoms with Crippen LogP contribution in [-0.2, 0) is 0 Å². The molecule has 0 aliphatic rings. The van der Waals surface area contributed by atoms with Crippen LogP contribution in [0.3, 0.4) is 0 Å². The Morgan fingerprint density at radius 1 is 0.889 bits per heavy atom. The van der Waals surface area contributed by atoms with Crippen molar-refractivity contribution in [3.63, 3.8) is 0 Å². The summed E-state index contributed by atoms with van der Waals surface area (Å²) >= 11 is 8.80. The molecule has 0 aliphatic carbocycles. The molecule has 18 heavy (non-hydrogen) atoms. The van der Waals surface area contributed by atoms with Crippen LogP contribution in [0.25, 0.3) is 0 Å². The van der Waals surface area contributed by atoms with Gasteiger partial charge < -0.3 is 0 Å². The predicted octanol–water partition coefficient (Wildman–Crippen LogP) is 5.24. The molecule has 0 aromatic heterocycles. The van der Waals surface area contributed by atoms with Crippen molar-refractivity contribution in [3.8, 4) is 0 Å². The summed E-state index contributed by atoms with van der Waals surface area (Å²) in [6.45, 7) is 0. The number of rotatable bonds is 2. The zero-order chi connectivity index (χ0) is 13.3. The predicted molar refractivity (Wildman–Crippen MR) is 68.5 cm³/mol. The average molecular weight is 336 g/mol. The molecule has 0 amide bonds. The first-order valence-electron chi connectivity index (χ1n) is 5.03. The third-order valence-electron chi connectivity index (χ3n) is 2.47. The summed E-state index contributed by atoms with van der Waals surface area (Å²) in [5.74, 6) is -1.76. The van der Waals surface area contributed by atoms with Gasteiger partial charge in [-0.05, 0) is 30.3 Å². The Labute approximate surface area is 116 Å². The zero-order valence-electron chi connectivity index (χ0n) is 8.93. The van der Waals surface area contributed by atoms with E-state index in [4.69, 9.17) is 11.6 Å². The van der Waals surface area contributed by atoms with E-state index in [1.807, 2.05) is 0 Å². The summed E-state index contributed by atoms with van der Waals surface area (Å²) in [4.78, 5) is -0.773. The van der Waals surface area contributed by atoms with E-state index in [1.165, 1.54) is 12.1 Å². The molecule has 0 radical (unpaired) electrons. The lowest BCUT2D eigenvalue weighted by atomic mass is 10.0. The van der Waals surface area contributed by atoms with E-state index >= 15 is 0 Å². The van der Waals surface area contributed by atoms with Gasteiger partial charge in [0.05, 0.1) is 4.83 Å². The number of halogens is 5. The maximum atomic E-state index is 13.7. The number of benzene rings is 2. The first-order valence-corrected chi connectivity index (χ1v) is 6.32. The van der Waals surface area contributed by atoms with Crippen molar-refractivity contribution in [2.24, 2.45) is 0 Å². The fraction of sp³-hybridized carbons (Fsp3) is 0.0769. The largest absolute Gasteiger partial charge is 0.207 e. The number of hydrogen-bond donors (Lipinski definition) is 0. The Bertz CT molecular complexity index is 586. The second-order valence-electron chi connectivity index (χ2n) is 3.69. The molecule has 0 fully saturated rings. The lowest BCUT2D eigenvalue weighted by Crippen LogP contribution is -2.00. The van der Waals surface area contributed by atoms with Crippen LogP contribution in [0.2, 0.25) is 5.02 Å². The van der Waals surface area contributed by atoms with Crippen molar-refractivity contribution < 1.29 is 13.2 Å². The van der Waals surface area contributed by atoms with Gasteiger partial charge in [-0.3, -0.25) is 0 Å². The molecule has 1 unspecified atom stereocenters. The van der Waals surface area contributed by atoms with Crippen LogP contribution in [0, 0.1) is 17.5 Å². The molecule has 0 bridgehead atoms. The van der Waals surface area contributed by atoms with E-state index in [-0.39, 0.29) is 16.1 Å². The van der Waals surface area contributed by atoms with Crippen molar-refractivity contribution >= 4 is 27.5 Å². The lowest BCUT2D eigenvalue weighted by Gasteiger charge is -2.13. The van der Waals surface area contributed by atoms with Gasteiger partial charge in [-0.15, -0.1) is 0 Å². The fourth-order valence-corrected chi connectivity index (χ4v) is 2.46. The molecular weight excluding hydrogens is 328 g/mol. The number of alkyl halides is 1. The highest BCUT2D eigenvalue weighted by Gasteiger charge is 2.19. The van der Waals surface area contributed by atoms with E-state index < -0.39 is 22.3 Å². The standard InChI is InChI=1S/C13H7BrClF3/c14-13(9-3-1-7(15)5-12(9)18)10-6-8(16)2-4-11(10)17/h1-6,13H. The highest BCUT2D eigenvalue weighted by Crippen LogP contribution is 2.35. The van der Waals surface area contributed by atoms with E-state index in [9.17, 15) is 13.2 Å². The Morgan fingerprint density at radius 2 is 1.61 bits per heavy atom. The van der Waals surface area contributed by atoms with Gasteiger partial charge in [0.15, 0.2) is 0 Å². The molecular formula is C13H7BrClF3. The van der Waals surface area contributed by atoms with E-state index in [2.05, 4.69) is 15.9 Å². The van der Waals surface area contributed by atoms with Crippen LogP contribution >= 0.6 is 27.5 Å². The maximum absolute atomic E-state index is 13.7. The van der Waals surface area contributed by atoms with Crippen molar-refractivity contribution in [1.29, 1.82) is 0 Å². The van der Waals surface area contributed by atoms with Gasteiger partial charge in [-0.2, -0.15) is 0 Å². The highest BCUT2D eigenvalue weighted by atomic mass is 79.9. The zero-order valence-corrected chi connectivity index (χ0v) is 11.3. The second-order valence-corrected chi connectivity index (χ2v) is 5.05. The summed E-state index contributed by atoms with van der Waals surface area (Å²) in [6.07, 6.45) is 0. The van der Waals surface area contributed by atoms with Gasteiger partial charge in [0, 0.05) is 16.1 Å². The molecule has 1 atom stereocenters. The van der Waals surface area contributed by atoms with Crippen LogP contribution in [0.5, 0.6) is 0 Å². The van der Waals surface area contributed by atoms with Gasteiger partial charge in [0.25, 0.3) is 0 Å². The highest BCUT2D eigenvalue weighted by molar-refractivity contribution is 9.09. The minimum absolute atomic E-state index is 0.0382. The molecule has 94 valence electrons. The molecule has 0 spiro atoms. The topological polar surface area (TPSA) is 0 Å². The molecule has 0 nitrogen and oxygen atoms in total. The molecule has 2 aromatic carbocycles. The molecule has 0 saturated carbocycles. The molecule has 0 N–H and O–H groups in total. The molecule has 0 aliphatic heterocycles. The van der Waals surface area contributed by atoms with E-state index in [1.54, 1.807) is 0 Å². The SMILES string of the molecule is Fc1ccc(F)c(C(Br)c2ccc(Cl)cc2F)c1. The van der Waals surface area contributed by atoms with Crippen LogP contribution in [0.1, 0.15) is 16.0 Å². The van der Waals surface area contributed by atoms with Gasteiger partial charge in [-0.1, -0.05) is 33.6 Å². The molecule has 0 heterocycles. The van der Waals surface area contributed by atoms with Crippen molar-refractivity contribution in [3.05, 3.63) is 70.0 Å². The van der Waals surface area contributed by atoms with E-state index in [0.717, 1.165) is 24.3 Å². The third kappa shape index (κ3) is 2.70. The van der Waals surface area contributed by atoms with Gasteiger partial charge in [-0.25, -0.2) is 13.2 Å². The summed E-state index contributed by atoms with van der Waals surface area (Å²) in [5, 5.41) is 0.246. The fourth-order valence-electron chi connectivity index (χ4n) is 1.58. The minimum Gasteiger partial charge on any atom is -0.207 e. The van der Waals surface area contributed by atoms with Crippen LogP contribution in [-0.4, -0.2) is 0 Å². The smallest absolute Gasteiger partial charge is 0.129 e. The summed E-state index contributed by atoms with van der Waals surface area (Å²) in [6, 6.07) is 7.10. The van der Waals surface area contributed by atoms with Crippen LogP contribution in [0.15, 0.2) is 36.4 Å². The van der Waals surface area contributed by atoms with Crippen molar-refractivity contribution in [2.45, 2.75) is 4.83 Å². The maximum Gasteiger partial charge on any atom is 0.129 e. The quantitative estimate of drug-likeness (QED) is 0.658. The van der Waals surface area contributed by atoms with Gasteiger partial charge in [0.1, 0.15) is 17.5 Å². The normalized spacial score (nSPS) is 12.5. The third-order valence-corrected chi connectivity index (χ3v) is 3.69. The molecule has 0 saturated heterocycles.